The van der Waals surface area contributed by atoms with Gasteiger partial charge in [0.2, 0.25) is 0 Å². The first kappa shape index (κ1) is 14.0. The van der Waals surface area contributed by atoms with Crippen molar-refractivity contribution >= 4 is 0 Å². The molecule has 16 heavy (non-hydrogen) atoms. The fraction of sp³-hybridized carbons (Fsp3) is 1.00. The summed E-state index contributed by atoms with van der Waals surface area (Å²) in [5.41, 5.74) is 0.607. The number of nitrogens with zero attached hydrogens (tertiary/aromatic N) is 2. The first-order valence-electron chi connectivity index (χ1n) is 6.45. The van der Waals surface area contributed by atoms with Crippen molar-refractivity contribution in [2.45, 2.75) is 78.2 Å². The van der Waals surface area contributed by atoms with Crippen LogP contribution in [0.5, 0.6) is 0 Å². The van der Waals surface area contributed by atoms with Crippen LogP contribution < -0.4 is 0 Å². The molecule has 1 aliphatic rings. The summed E-state index contributed by atoms with van der Waals surface area (Å²) in [5.74, 6) is 0. The molecule has 1 saturated heterocycles. The molecule has 96 valence electrons. The third kappa shape index (κ3) is 1.26. The van der Waals surface area contributed by atoms with Gasteiger partial charge in [-0.2, -0.15) is 0 Å². The van der Waals surface area contributed by atoms with E-state index < -0.39 is 0 Å². The molecule has 0 spiro atoms. The van der Waals surface area contributed by atoms with E-state index in [0.717, 1.165) is 4.48 Å². The lowest BCUT2D eigenvalue weighted by atomic mass is 9.81. The minimum atomic E-state index is 0.168. The highest BCUT2D eigenvalue weighted by molar-refractivity contribution is 5.07. The van der Waals surface area contributed by atoms with Crippen LogP contribution >= 0.6 is 0 Å². The van der Waals surface area contributed by atoms with Crippen molar-refractivity contribution in [2.24, 2.45) is 0 Å². The second-order valence-corrected chi connectivity index (χ2v) is 7.53. The Morgan fingerprint density at radius 3 is 1.38 bits per heavy atom. The third-order valence-corrected chi connectivity index (χ3v) is 5.97. The zero-order valence-corrected chi connectivity index (χ0v) is 13.0. The topological polar surface area (TPSA) is 3.24 Å². The highest BCUT2D eigenvalue weighted by atomic mass is 15.6. The number of likely N-dealkylation sites (N-methyl/N-ethyl adjacent to an activating group) is 1. The van der Waals surface area contributed by atoms with Gasteiger partial charge in [-0.05, 0) is 41.5 Å². The van der Waals surface area contributed by atoms with Crippen molar-refractivity contribution < 1.29 is 4.48 Å². The van der Waals surface area contributed by atoms with E-state index in [9.17, 15) is 0 Å². The molecule has 0 aromatic carbocycles. The van der Waals surface area contributed by atoms with Crippen molar-refractivity contribution in [3.05, 3.63) is 0 Å². The van der Waals surface area contributed by atoms with Gasteiger partial charge in [-0.1, -0.05) is 0 Å². The van der Waals surface area contributed by atoms with Gasteiger partial charge in [0.05, 0.1) is 19.6 Å². The molecule has 0 aliphatic carbocycles. The summed E-state index contributed by atoms with van der Waals surface area (Å²) in [4.78, 5) is 2.68. The molecule has 2 heteroatoms. The van der Waals surface area contributed by atoms with Crippen molar-refractivity contribution in [1.29, 1.82) is 0 Å². The zero-order chi connectivity index (χ0) is 13.2. The molecule has 0 N–H and O–H groups in total. The van der Waals surface area contributed by atoms with E-state index in [-0.39, 0.29) is 16.7 Å². The summed E-state index contributed by atoms with van der Waals surface area (Å²) in [6, 6.07) is 0.573. The van der Waals surface area contributed by atoms with E-state index in [2.05, 4.69) is 74.4 Å². The van der Waals surface area contributed by atoms with E-state index in [4.69, 9.17) is 0 Å². The van der Waals surface area contributed by atoms with Crippen LogP contribution in [0.3, 0.4) is 0 Å². The third-order valence-electron chi connectivity index (χ3n) is 5.97. The quantitative estimate of drug-likeness (QED) is 0.622. The zero-order valence-electron chi connectivity index (χ0n) is 13.0. The maximum atomic E-state index is 2.68. The molecule has 0 bridgehead atoms. The number of quaternary nitrogens is 1. The molecule has 0 aromatic rings. The summed E-state index contributed by atoms with van der Waals surface area (Å²) in [5, 5.41) is 0. The molecule has 2 nitrogen and oxygen atoms in total. The second kappa shape index (κ2) is 3.23. The van der Waals surface area contributed by atoms with E-state index in [0.29, 0.717) is 6.04 Å². The lowest BCUT2D eigenvalue weighted by Gasteiger charge is -2.48. The first-order chi connectivity index (χ1) is 6.82. The molecule has 1 aliphatic heterocycles. The summed E-state index contributed by atoms with van der Waals surface area (Å²) < 4.78 is 1.03. The maximum absolute atomic E-state index is 2.68. The number of rotatable bonds is 1. The summed E-state index contributed by atoms with van der Waals surface area (Å²) >= 11 is 0. The summed E-state index contributed by atoms with van der Waals surface area (Å²) in [6.45, 7) is 19.0. The van der Waals surface area contributed by atoms with Crippen LogP contribution in [0.1, 0.15) is 55.4 Å². The second-order valence-electron chi connectivity index (χ2n) is 7.53. The Hall–Kier alpha value is -0.0800. The Morgan fingerprint density at radius 1 is 0.875 bits per heavy atom. The fourth-order valence-corrected chi connectivity index (χ4v) is 3.89. The molecule has 1 rings (SSSR count). The molecule has 0 aromatic heterocycles. The molecule has 0 saturated carbocycles. The van der Waals surface area contributed by atoms with Crippen LogP contribution in [0.2, 0.25) is 0 Å². The Bertz CT molecular complexity index is 259. The number of hydrogen-bond donors (Lipinski definition) is 0. The van der Waals surface area contributed by atoms with Gasteiger partial charge in [0.25, 0.3) is 0 Å². The first-order valence-corrected chi connectivity index (χ1v) is 6.45. The fourth-order valence-electron chi connectivity index (χ4n) is 3.89. The van der Waals surface area contributed by atoms with Gasteiger partial charge in [0, 0.05) is 19.9 Å². The summed E-state index contributed by atoms with van der Waals surface area (Å²) in [6.07, 6.45) is 0. The lowest BCUT2D eigenvalue weighted by Crippen LogP contribution is -2.64. The Balaban J connectivity index is 3.45. The lowest BCUT2D eigenvalue weighted by molar-refractivity contribution is -0.974. The van der Waals surface area contributed by atoms with Crippen LogP contribution in [0, 0.1) is 0 Å². The van der Waals surface area contributed by atoms with E-state index in [1.165, 1.54) is 0 Å². The van der Waals surface area contributed by atoms with Crippen molar-refractivity contribution in [3.8, 4) is 0 Å². The van der Waals surface area contributed by atoms with Crippen LogP contribution in [0.15, 0.2) is 0 Å². The van der Waals surface area contributed by atoms with Crippen LogP contribution in [0.4, 0.5) is 0 Å². The van der Waals surface area contributed by atoms with Crippen LogP contribution in [-0.4, -0.2) is 46.3 Å². The molecule has 0 unspecified atom stereocenters. The van der Waals surface area contributed by atoms with E-state index in [1.807, 2.05) is 0 Å². The molecule has 0 atom stereocenters. The van der Waals surface area contributed by atoms with Crippen molar-refractivity contribution in [1.82, 2.24) is 4.90 Å². The normalized spacial score (nSPS) is 30.9. The van der Waals surface area contributed by atoms with Gasteiger partial charge in [-0.25, -0.2) is 4.90 Å². The van der Waals surface area contributed by atoms with Crippen molar-refractivity contribution in [2.75, 3.05) is 14.1 Å². The Kier molecular flexibility index (Phi) is 2.82. The largest absolute Gasteiger partial charge is 0.306 e. The SMILES string of the molecule is CC(C)N1C(C)(C)C(C)(C)[N+](C)(C)C1(C)C. The molecule has 0 amide bonds. The smallest absolute Gasteiger partial charge is 0.150 e. The number of hydrogen-bond acceptors (Lipinski definition) is 1. The van der Waals surface area contributed by atoms with Gasteiger partial charge >= 0.3 is 0 Å². The predicted octanol–water partition coefficient (Wildman–Crippen LogP) is 3.08. The van der Waals surface area contributed by atoms with Gasteiger partial charge in [0.1, 0.15) is 5.54 Å². The molecular weight excluding hydrogens is 196 g/mol. The average Bonchev–Trinajstić information content (AvgIpc) is 2.05. The summed E-state index contributed by atoms with van der Waals surface area (Å²) in [7, 11) is 4.73. The Labute approximate surface area is 102 Å². The van der Waals surface area contributed by atoms with Gasteiger partial charge in [-0.3, -0.25) is 0 Å². The standard InChI is InChI=1S/C14H31N2/c1-11(2)15-12(3,4)13(5,6)16(9,10)14(15,7)8/h11H,1-10H3/q+1. The van der Waals surface area contributed by atoms with Crippen molar-refractivity contribution in [3.63, 3.8) is 0 Å². The average molecular weight is 227 g/mol. The Morgan fingerprint density at radius 2 is 1.25 bits per heavy atom. The highest BCUT2D eigenvalue weighted by Gasteiger charge is 2.69. The highest BCUT2D eigenvalue weighted by Crippen LogP contribution is 2.52. The minimum absolute atomic E-state index is 0.168. The molecule has 0 radical (unpaired) electrons. The van der Waals surface area contributed by atoms with Gasteiger partial charge < -0.3 is 4.48 Å². The predicted molar refractivity (Wildman–Crippen MR) is 71.3 cm³/mol. The molecular formula is C14H31N2+. The van der Waals surface area contributed by atoms with E-state index in [1.54, 1.807) is 0 Å². The maximum Gasteiger partial charge on any atom is 0.150 e. The van der Waals surface area contributed by atoms with Gasteiger partial charge in [0.15, 0.2) is 5.66 Å². The van der Waals surface area contributed by atoms with Gasteiger partial charge in [-0.15, -0.1) is 0 Å². The molecule has 1 fully saturated rings. The molecule has 1 heterocycles. The van der Waals surface area contributed by atoms with Crippen LogP contribution in [0.25, 0.3) is 0 Å². The monoisotopic (exact) mass is 227 g/mol. The minimum Gasteiger partial charge on any atom is -0.306 e. The van der Waals surface area contributed by atoms with Crippen LogP contribution in [-0.2, 0) is 0 Å². The van der Waals surface area contributed by atoms with E-state index >= 15 is 0 Å².